The van der Waals surface area contributed by atoms with Crippen LogP contribution in [0.2, 0.25) is 0 Å². The number of esters is 1. The summed E-state index contributed by atoms with van der Waals surface area (Å²) in [5.41, 5.74) is 1.92. The van der Waals surface area contributed by atoms with Crippen LogP contribution in [0.15, 0.2) is 58.9 Å². The van der Waals surface area contributed by atoms with Crippen molar-refractivity contribution in [2.45, 2.75) is 50.5 Å². The molecule has 0 saturated carbocycles. The fourth-order valence-electron chi connectivity index (χ4n) is 5.63. The van der Waals surface area contributed by atoms with Crippen LogP contribution in [0.5, 0.6) is 11.5 Å². The number of hydrogen-bond donors (Lipinski definition) is 2. The number of methoxy groups -OCH3 is 1. The van der Waals surface area contributed by atoms with Gasteiger partial charge in [-0.2, -0.15) is 0 Å². The summed E-state index contributed by atoms with van der Waals surface area (Å²) in [5.74, 6) is -5.21. The van der Waals surface area contributed by atoms with Gasteiger partial charge in [-0.05, 0) is 31.0 Å². The van der Waals surface area contributed by atoms with Crippen LogP contribution < -0.4 is 10.1 Å². The average Bonchev–Trinajstić information content (AvgIpc) is 2.91. The number of Topliss-reactive ketones (excluding diaryl/α,β-unsaturated/α-hetero) is 1. The number of dihydropyridines is 1. The topological polar surface area (TPSA) is 94.1 Å². The maximum absolute atomic E-state index is 15.3. The van der Waals surface area contributed by atoms with Gasteiger partial charge in [0.15, 0.2) is 23.2 Å². The van der Waals surface area contributed by atoms with Gasteiger partial charge in [0.25, 0.3) is 0 Å². The maximum atomic E-state index is 15.3. The van der Waals surface area contributed by atoms with E-state index in [1.165, 1.54) is 6.07 Å². The summed E-state index contributed by atoms with van der Waals surface area (Å²) in [6, 6.07) is 9.54. The molecule has 2 N–H and O–H groups in total. The Morgan fingerprint density at radius 2 is 1.82 bits per heavy atom. The Bertz CT molecular complexity index is 1340. The van der Waals surface area contributed by atoms with Crippen LogP contribution in [0.4, 0.5) is 8.78 Å². The molecule has 0 unspecified atom stereocenters. The molecule has 1 aliphatic carbocycles. The van der Waals surface area contributed by atoms with Gasteiger partial charge >= 0.3 is 5.97 Å². The molecule has 2 atom stereocenters. The van der Waals surface area contributed by atoms with E-state index in [4.69, 9.17) is 14.2 Å². The molecule has 0 aromatic heterocycles. The largest absolute Gasteiger partial charge is 0.503 e. The summed E-state index contributed by atoms with van der Waals surface area (Å²) < 4.78 is 45.9. The number of phenols is 1. The highest BCUT2D eigenvalue weighted by molar-refractivity contribution is 6.04. The molecule has 5 rings (SSSR count). The van der Waals surface area contributed by atoms with E-state index in [1.807, 2.05) is 24.3 Å². The van der Waals surface area contributed by atoms with Gasteiger partial charge < -0.3 is 24.6 Å². The van der Waals surface area contributed by atoms with Crippen molar-refractivity contribution in [3.63, 3.8) is 0 Å². The van der Waals surface area contributed by atoms with Gasteiger partial charge in [-0.15, -0.1) is 0 Å². The third kappa shape index (κ3) is 4.67. The summed E-state index contributed by atoms with van der Waals surface area (Å²) in [5, 5.41) is 13.3. The highest BCUT2D eigenvalue weighted by Gasteiger charge is 2.43. The SMILES string of the molecule is COc1ccccc1[C@H]1CC(=O)C2=C(C1)NC(C)=C(C(=O)OC1CCOCC1)[C@H]2c1ccc(F)c(O)c1F. The lowest BCUT2D eigenvalue weighted by molar-refractivity contribution is -0.148. The van der Waals surface area contributed by atoms with E-state index in [-0.39, 0.29) is 40.9 Å². The first kappa shape index (κ1) is 25.9. The standard InChI is InChI=1S/C29H29F2NO6/c1-15-24(29(35)38-17-9-11-37-12-10-17)25(19-7-8-20(30)28(34)27(19)31)26-21(32-15)13-16(14-22(26)33)18-5-3-4-6-23(18)36-2/h3-8,16-17,25,32,34H,9-14H2,1-2H3/t16-,25-/m1/s1. The molecule has 1 saturated heterocycles. The van der Waals surface area contributed by atoms with E-state index < -0.39 is 29.3 Å². The smallest absolute Gasteiger partial charge is 0.337 e. The van der Waals surface area contributed by atoms with Crippen molar-refractivity contribution < 1.29 is 37.7 Å². The number of allylic oxidation sites excluding steroid dienone is 3. The zero-order chi connectivity index (χ0) is 27.0. The number of carbonyl (C=O) groups is 2. The van der Waals surface area contributed by atoms with Crippen molar-refractivity contribution in [1.29, 1.82) is 0 Å². The minimum Gasteiger partial charge on any atom is -0.503 e. The minimum absolute atomic E-state index is 0.0595. The molecule has 2 aliphatic heterocycles. The first-order valence-corrected chi connectivity index (χ1v) is 12.6. The monoisotopic (exact) mass is 525 g/mol. The van der Waals surface area contributed by atoms with Crippen molar-refractivity contribution in [2.75, 3.05) is 20.3 Å². The Hall–Kier alpha value is -3.72. The molecule has 3 aliphatic rings. The lowest BCUT2D eigenvalue weighted by Crippen LogP contribution is -2.37. The highest BCUT2D eigenvalue weighted by atomic mass is 19.1. The number of rotatable bonds is 5. The molecular formula is C29H29F2NO6. The lowest BCUT2D eigenvalue weighted by Gasteiger charge is -2.37. The van der Waals surface area contributed by atoms with Gasteiger partial charge in [-0.3, -0.25) is 4.79 Å². The van der Waals surface area contributed by atoms with E-state index in [2.05, 4.69) is 5.32 Å². The Morgan fingerprint density at radius 3 is 2.55 bits per heavy atom. The average molecular weight is 526 g/mol. The van der Waals surface area contributed by atoms with Gasteiger partial charge in [0.1, 0.15) is 11.9 Å². The number of para-hydroxylation sites is 1. The summed E-state index contributed by atoms with van der Waals surface area (Å²) in [4.78, 5) is 27.2. The molecule has 2 aromatic carbocycles. The van der Waals surface area contributed by atoms with Crippen LogP contribution in [0, 0.1) is 11.6 Å². The van der Waals surface area contributed by atoms with Crippen molar-refractivity contribution in [2.24, 2.45) is 0 Å². The molecule has 0 bridgehead atoms. The van der Waals surface area contributed by atoms with Gasteiger partial charge in [0.05, 0.1) is 31.8 Å². The van der Waals surface area contributed by atoms with Gasteiger partial charge in [0, 0.05) is 47.7 Å². The van der Waals surface area contributed by atoms with Crippen molar-refractivity contribution in [1.82, 2.24) is 5.32 Å². The third-order valence-corrected chi connectivity index (χ3v) is 7.48. The number of phenolic OH excluding ortho intramolecular Hbond substituents is 1. The van der Waals surface area contributed by atoms with Gasteiger partial charge in [-0.25, -0.2) is 13.6 Å². The molecule has 9 heteroatoms. The summed E-state index contributed by atoms with van der Waals surface area (Å²) in [7, 11) is 1.57. The zero-order valence-electron chi connectivity index (χ0n) is 21.2. The quantitative estimate of drug-likeness (QED) is 0.544. The van der Waals surface area contributed by atoms with Crippen molar-refractivity contribution in [3.05, 3.63) is 81.7 Å². The fraction of sp³-hybridized carbons (Fsp3) is 0.379. The van der Waals surface area contributed by atoms with Crippen molar-refractivity contribution >= 4 is 11.8 Å². The van der Waals surface area contributed by atoms with E-state index in [1.54, 1.807) is 14.0 Å². The van der Waals surface area contributed by atoms with E-state index in [0.29, 0.717) is 49.6 Å². The number of ether oxygens (including phenoxy) is 3. The molecular weight excluding hydrogens is 496 g/mol. The van der Waals surface area contributed by atoms with E-state index >= 15 is 4.39 Å². The Balaban J connectivity index is 1.58. The first-order valence-electron chi connectivity index (χ1n) is 12.6. The second-order valence-electron chi connectivity index (χ2n) is 9.78. The lowest BCUT2D eigenvalue weighted by atomic mass is 9.71. The zero-order valence-corrected chi connectivity index (χ0v) is 21.2. The number of ketones is 1. The molecule has 1 fully saturated rings. The molecule has 2 aromatic rings. The molecule has 0 radical (unpaired) electrons. The van der Waals surface area contributed by atoms with Gasteiger partial charge in [0.2, 0.25) is 0 Å². The predicted octanol–water partition coefficient (Wildman–Crippen LogP) is 4.76. The molecule has 0 spiro atoms. The van der Waals surface area contributed by atoms with Crippen LogP contribution in [-0.4, -0.2) is 43.3 Å². The molecule has 2 heterocycles. The Labute approximate surface area is 219 Å². The van der Waals surface area contributed by atoms with Crippen LogP contribution in [0.3, 0.4) is 0 Å². The van der Waals surface area contributed by atoms with E-state index in [9.17, 15) is 19.1 Å². The Morgan fingerprint density at radius 1 is 1.08 bits per heavy atom. The van der Waals surface area contributed by atoms with Crippen LogP contribution in [0.1, 0.15) is 55.6 Å². The molecule has 7 nitrogen and oxygen atoms in total. The van der Waals surface area contributed by atoms with Crippen LogP contribution in [0.25, 0.3) is 0 Å². The second-order valence-corrected chi connectivity index (χ2v) is 9.78. The summed E-state index contributed by atoms with van der Waals surface area (Å²) in [6.45, 7) is 2.57. The number of carbonyl (C=O) groups excluding carboxylic acids is 2. The number of aromatic hydroxyl groups is 1. The highest BCUT2D eigenvalue weighted by Crippen LogP contribution is 2.48. The van der Waals surface area contributed by atoms with Crippen LogP contribution in [-0.2, 0) is 19.1 Å². The minimum atomic E-state index is -1.22. The first-order chi connectivity index (χ1) is 18.3. The van der Waals surface area contributed by atoms with Crippen LogP contribution >= 0.6 is 0 Å². The Kier molecular flexibility index (Phi) is 7.21. The van der Waals surface area contributed by atoms with Gasteiger partial charge in [-0.1, -0.05) is 24.3 Å². The molecule has 200 valence electrons. The maximum Gasteiger partial charge on any atom is 0.337 e. The van der Waals surface area contributed by atoms with E-state index in [0.717, 1.165) is 11.6 Å². The fourth-order valence-corrected chi connectivity index (χ4v) is 5.63. The summed E-state index contributed by atoms with van der Waals surface area (Å²) in [6.07, 6.45) is 1.18. The number of benzene rings is 2. The molecule has 0 amide bonds. The predicted molar refractivity (Wildman–Crippen MR) is 134 cm³/mol. The number of halogens is 2. The summed E-state index contributed by atoms with van der Waals surface area (Å²) >= 11 is 0. The molecule has 38 heavy (non-hydrogen) atoms. The van der Waals surface area contributed by atoms with Crippen molar-refractivity contribution in [3.8, 4) is 11.5 Å². The number of nitrogens with one attached hydrogen (secondary N) is 1. The second kappa shape index (κ2) is 10.6. The number of hydrogen-bond acceptors (Lipinski definition) is 7. The third-order valence-electron chi connectivity index (χ3n) is 7.48. The normalized spacial score (nSPS) is 22.2.